The first-order chi connectivity index (χ1) is 25.8. The Morgan fingerprint density at radius 1 is 0.365 bits per heavy atom. The molecule has 0 aliphatic carbocycles. The number of para-hydroxylation sites is 4. The van der Waals surface area contributed by atoms with E-state index in [0.717, 1.165) is 50.1 Å². The molecule has 0 saturated carbocycles. The Morgan fingerprint density at radius 2 is 0.942 bits per heavy atom. The first-order valence-electron chi connectivity index (χ1n) is 17.8. The minimum absolute atomic E-state index is 0.882. The largest absolute Gasteiger partial charge is 0.456 e. The lowest BCUT2D eigenvalue weighted by Gasteiger charge is -2.28. The van der Waals surface area contributed by atoms with Crippen LogP contribution in [0.4, 0.5) is 17.1 Å². The van der Waals surface area contributed by atoms with Gasteiger partial charge in [-0.15, -0.1) is 0 Å². The van der Waals surface area contributed by atoms with E-state index in [1.165, 1.54) is 54.7 Å². The molecule has 4 nitrogen and oxygen atoms in total. The quantitative estimate of drug-likeness (QED) is 0.175. The number of aromatic nitrogens is 2. The molecule has 12 aromatic rings. The summed E-state index contributed by atoms with van der Waals surface area (Å²) >= 11 is 0. The number of fused-ring (bicyclic) bond motifs is 12. The van der Waals surface area contributed by atoms with Gasteiger partial charge < -0.3 is 18.1 Å². The summed E-state index contributed by atoms with van der Waals surface area (Å²) in [7, 11) is 0. The van der Waals surface area contributed by atoms with Gasteiger partial charge >= 0.3 is 0 Å². The van der Waals surface area contributed by atoms with Gasteiger partial charge in [-0.3, -0.25) is 0 Å². The van der Waals surface area contributed by atoms with Gasteiger partial charge in [0.15, 0.2) is 0 Å². The summed E-state index contributed by atoms with van der Waals surface area (Å²) < 4.78 is 11.3. The molecule has 0 unspecified atom stereocenters. The minimum atomic E-state index is 0.882. The van der Waals surface area contributed by atoms with E-state index < -0.39 is 0 Å². The molecule has 0 bridgehead atoms. The predicted molar refractivity (Wildman–Crippen MR) is 217 cm³/mol. The maximum Gasteiger partial charge on any atom is 0.135 e. The molecule has 0 aliphatic heterocycles. The zero-order chi connectivity index (χ0) is 33.9. The zero-order valence-corrected chi connectivity index (χ0v) is 28.0. The topological polar surface area (TPSA) is 25.2 Å². The van der Waals surface area contributed by atoms with Crippen molar-refractivity contribution in [3.05, 3.63) is 176 Å². The molecule has 0 amide bonds. The molecule has 0 N–H and O–H groups in total. The first kappa shape index (κ1) is 27.7. The predicted octanol–water partition coefficient (Wildman–Crippen LogP) is 13.3. The van der Waals surface area contributed by atoms with E-state index in [1.54, 1.807) is 0 Å². The van der Waals surface area contributed by atoms with Gasteiger partial charge in [0.25, 0.3) is 0 Å². The molecule has 4 heteroatoms. The average Bonchev–Trinajstić information content (AvgIpc) is 3.87. The Bertz CT molecular complexity index is 3360. The molecule has 12 rings (SSSR count). The molecule has 0 radical (unpaired) electrons. The number of anilines is 3. The van der Waals surface area contributed by atoms with Gasteiger partial charge in [0.05, 0.1) is 38.8 Å². The second-order valence-corrected chi connectivity index (χ2v) is 13.7. The Kier molecular flexibility index (Phi) is 5.47. The van der Waals surface area contributed by atoms with Gasteiger partial charge in [0.1, 0.15) is 11.2 Å². The van der Waals surface area contributed by atoms with Gasteiger partial charge in [-0.25, -0.2) is 0 Å². The van der Waals surface area contributed by atoms with E-state index in [0.29, 0.717) is 0 Å². The molecule has 4 heterocycles. The number of furan rings is 1. The van der Waals surface area contributed by atoms with Crippen molar-refractivity contribution in [1.29, 1.82) is 0 Å². The van der Waals surface area contributed by atoms with Crippen molar-refractivity contribution >= 4 is 93.6 Å². The molecule has 0 aliphatic rings. The highest BCUT2D eigenvalue weighted by molar-refractivity contribution is 6.25. The fourth-order valence-electron chi connectivity index (χ4n) is 8.83. The molecular weight excluding hydrogens is 635 g/mol. The third kappa shape index (κ3) is 3.65. The number of benzene rings is 8. The second kappa shape index (κ2) is 10.3. The van der Waals surface area contributed by atoms with Crippen molar-refractivity contribution in [2.45, 2.75) is 0 Å². The Labute approximate surface area is 297 Å². The van der Waals surface area contributed by atoms with Crippen LogP contribution in [0.15, 0.2) is 180 Å². The van der Waals surface area contributed by atoms with Gasteiger partial charge in [0, 0.05) is 49.3 Å². The molecule has 8 aromatic carbocycles. The molecule has 0 saturated heterocycles. The van der Waals surface area contributed by atoms with Crippen LogP contribution >= 0.6 is 0 Å². The monoisotopic (exact) mass is 663 g/mol. The maximum atomic E-state index is 6.29. The summed E-state index contributed by atoms with van der Waals surface area (Å²) in [5, 5.41) is 7.29. The van der Waals surface area contributed by atoms with E-state index in [9.17, 15) is 0 Å². The van der Waals surface area contributed by atoms with Crippen LogP contribution in [0.3, 0.4) is 0 Å². The van der Waals surface area contributed by atoms with E-state index >= 15 is 0 Å². The molecule has 4 aromatic heterocycles. The Morgan fingerprint density at radius 3 is 1.71 bits per heavy atom. The van der Waals surface area contributed by atoms with Crippen LogP contribution in [-0.4, -0.2) is 8.80 Å². The molecule has 0 fully saturated rings. The smallest absolute Gasteiger partial charge is 0.135 e. The zero-order valence-electron chi connectivity index (χ0n) is 28.0. The average molecular weight is 664 g/mol. The van der Waals surface area contributed by atoms with Crippen molar-refractivity contribution in [1.82, 2.24) is 8.80 Å². The van der Waals surface area contributed by atoms with Crippen molar-refractivity contribution < 1.29 is 4.42 Å². The normalized spacial score (nSPS) is 12.2. The SMILES string of the molecule is c1ccc(-c2ccccc2N(c2ccc3oc4ccccc4c3c2)c2ccc3c(c2)n2c4ccccc4c4ccc5c6ccccc6n3c5c42)cc1. The number of rotatable bonds is 4. The first-order valence-corrected chi connectivity index (χ1v) is 17.8. The number of hydrogen-bond donors (Lipinski definition) is 0. The summed E-state index contributed by atoms with van der Waals surface area (Å²) in [5.74, 6) is 0. The third-order valence-corrected chi connectivity index (χ3v) is 11.0. The van der Waals surface area contributed by atoms with Crippen molar-refractivity contribution in [3.8, 4) is 11.1 Å². The van der Waals surface area contributed by atoms with E-state index in [-0.39, 0.29) is 0 Å². The van der Waals surface area contributed by atoms with E-state index in [1.807, 2.05) is 12.1 Å². The highest BCUT2D eigenvalue weighted by Crippen LogP contribution is 2.46. The van der Waals surface area contributed by atoms with Crippen LogP contribution in [0.5, 0.6) is 0 Å². The minimum Gasteiger partial charge on any atom is -0.456 e. The molecule has 0 spiro atoms. The maximum absolute atomic E-state index is 6.29. The standard InChI is InChI=1S/C48H29N3O/c1-2-12-30(13-3-1)33-14-4-8-18-40(33)49(31-23-27-46-39(28-31)36-17-7-11-21-45(36)52-46)32-22-26-43-44(29-32)51-42-20-10-6-16-35(42)38-25-24-37-34-15-5-9-19-41(34)50(43)47(37)48(38)51/h1-29H. The molecular formula is C48H29N3O. The lowest BCUT2D eigenvalue weighted by atomic mass is 10.0. The highest BCUT2D eigenvalue weighted by atomic mass is 16.3. The van der Waals surface area contributed by atoms with Gasteiger partial charge in [-0.05, 0) is 66.2 Å². The lowest BCUT2D eigenvalue weighted by Crippen LogP contribution is -2.11. The fraction of sp³-hybridized carbons (Fsp3) is 0. The van der Waals surface area contributed by atoms with Crippen molar-refractivity contribution in [3.63, 3.8) is 0 Å². The van der Waals surface area contributed by atoms with E-state index in [4.69, 9.17) is 4.42 Å². The summed E-state index contributed by atoms with van der Waals surface area (Å²) in [5.41, 5.74) is 14.6. The van der Waals surface area contributed by atoms with Crippen LogP contribution in [0.25, 0.3) is 87.7 Å². The van der Waals surface area contributed by atoms with E-state index in [2.05, 4.69) is 177 Å². The van der Waals surface area contributed by atoms with Crippen LogP contribution in [0.2, 0.25) is 0 Å². The third-order valence-electron chi connectivity index (χ3n) is 11.0. The van der Waals surface area contributed by atoms with Gasteiger partial charge in [-0.1, -0.05) is 115 Å². The van der Waals surface area contributed by atoms with Crippen molar-refractivity contribution in [2.75, 3.05) is 4.90 Å². The fourth-order valence-corrected chi connectivity index (χ4v) is 8.83. The summed E-state index contributed by atoms with van der Waals surface area (Å²) in [6.07, 6.45) is 0. The Hall–Kier alpha value is -7.04. The molecule has 52 heavy (non-hydrogen) atoms. The second-order valence-electron chi connectivity index (χ2n) is 13.7. The van der Waals surface area contributed by atoms with Crippen LogP contribution < -0.4 is 4.90 Å². The highest BCUT2D eigenvalue weighted by Gasteiger charge is 2.24. The number of nitrogens with zero attached hydrogens (tertiary/aromatic N) is 3. The van der Waals surface area contributed by atoms with Crippen LogP contribution in [0, 0.1) is 0 Å². The summed E-state index contributed by atoms with van der Waals surface area (Å²) in [6.45, 7) is 0. The van der Waals surface area contributed by atoms with Crippen molar-refractivity contribution in [2.24, 2.45) is 0 Å². The molecule has 242 valence electrons. The van der Waals surface area contributed by atoms with Crippen LogP contribution in [-0.2, 0) is 0 Å². The lowest BCUT2D eigenvalue weighted by molar-refractivity contribution is 0.669. The Balaban J connectivity index is 1.22. The summed E-state index contributed by atoms with van der Waals surface area (Å²) in [4.78, 5) is 2.41. The summed E-state index contributed by atoms with van der Waals surface area (Å²) in [6, 6.07) is 63.6. The van der Waals surface area contributed by atoms with Crippen LogP contribution in [0.1, 0.15) is 0 Å². The molecule has 0 atom stereocenters. The van der Waals surface area contributed by atoms with Gasteiger partial charge in [0.2, 0.25) is 0 Å². The number of hydrogen-bond acceptors (Lipinski definition) is 2. The van der Waals surface area contributed by atoms with Gasteiger partial charge in [-0.2, -0.15) is 0 Å².